The van der Waals surface area contributed by atoms with Gasteiger partial charge >= 0.3 is 5.69 Å². The van der Waals surface area contributed by atoms with Gasteiger partial charge in [0.1, 0.15) is 5.01 Å². The monoisotopic (exact) mass is 307 g/mol. The first-order chi connectivity index (χ1) is 10.1. The Morgan fingerprint density at radius 3 is 2.90 bits per heavy atom. The summed E-state index contributed by atoms with van der Waals surface area (Å²) in [7, 11) is 0. The van der Waals surface area contributed by atoms with Crippen LogP contribution >= 0.6 is 11.3 Å². The zero-order chi connectivity index (χ0) is 15.2. The van der Waals surface area contributed by atoms with E-state index in [9.17, 15) is 10.1 Å². The summed E-state index contributed by atoms with van der Waals surface area (Å²) in [5, 5.41) is 17.1. The molecular weight excluding hydrogens is 290 g/mol. The molecule has 0 saturated heterocycles. The molecule has 1 heterocycles. The number of benzene rings is 1. The number of hydrogen-bond donors (Lipinski definition) is 1. The van der Waals surface area contributed by atoms with E-state index in [4.69, 9.17) is 4.74 Å². The lowest BCUT2D eigenvalue weighted by Crippen LogP contribution is -2.02. The average Bonchev–Trinajstić information content (AvgIpc) is 2.88. The molecule has 0 aliphatic carbocycles. The van der Waals surface area contributed by atoms with Crippen LogP contribution in [0.2, 0.25) is 0 Å². The summed E-state index contributed by atoms with van der Waals surface area (Å²) in [6.45, 7) is 4.95. The van der Waals surface area contributed by atoms with Gasteiger partial charge in [0.2, 0.25) is 0 Å². The molecule has 7 heteroatoms. The predicted molar refractivity (Wildman–Crippen MR) is 83.1 cm³/mol. The van der Waals surface area contributed by atoms with Gasteiger partial charge in [0.15, 0.2) is 5.75 Å². The second-order valence-corrected chi connectivity index (χ2v) is 5.47. The highest BCUT2D eigenvalue weighted by atomic mass is 32.1. The highest BCUT2D eigenvalue weighted by Crippen LogP contribution is 2.30. The van der Waals surface area contributed by atoms with Crippen molar-refractivity contribution >= 4 is 22.7 Å². The van der Waals surface area contributed by atoms with Gasteiger partial charge in [-0.3, -0.25) is 10.1 Å². The molecule has 6 nitrogen and oxygen atoms in total. The van der Waals surface area contributed by atoms with Gasteiger partial charge in [-0.05, 0) is 19.4 Å². The standard InChI is InChI=1S/C14H17N3O3S/c1-3-6-20-13-7-11(4-5-12(13)17(18)19)15-8-14-16-10(2)9-21-14/h4-5,7,9,15H,3,6,8H2,1-2H3. The number of ether oxygens (including phenoxy) is 1. The first-order valence-corrected chi connectivity index (χ1v) is 7.54. The number of rotatable bonds is 7. The molecule has 0 aliphatic heterocycles. The molecule has 0 radical (unpaired) electrons. The minimum Gasteiger partial charge on any atom is -0.487 e. The van der Waals surface area contributed by atoms with E-state index >= 15 is 0 Å². The smallest absolute Gasteiger partial charge is 0.311 e. The maximum Gasteiger partial charge on any atom is 0.311 e. The first kappa shape index (κ1) is 15.2. The third-order valence-corrected chi connectivity index (χ3v) is 3.70. The van der Waals surface area contributed by atoms with E-state index in [1.807, 2.05) is 19.2 Å². The number of nitro groups is 1. The second kappa shape index (κ2) is 7.03. The Labute approximate surface area is 126 Å². The zero-order valence-electron chi connectivity index (χ0n) is 12.0. The van der Waals surface area contributed by atoms with Crippen molar-refractivity contribution in [2.45, 2.75) is 26.8 Å². The number of aromatic nitrogens is 1. The number of nitro benzene ring substituents is 1. The van der Waals surface area contributed by atoms with Crippen LogP contribution in [-0.4, -0.2) is 16.5 Å². The zero-order valence-corrected chi connectivity index (χ0v) is 12.8. The van der Waals surface area contributed by atoms with Crippen molar-refractivity contribution < 1.29 is 9.66 Å². The van der Waals surface area contributed by atoms with Gasteiger partial charge in [0.05, 0.1) is 18.1 Å². The molecule has 0 fully saturated rings. The minimum absolute atomic E-state index is 0.0147. The highest BCUT2D eigenvalue weighted by molar-refractivity contribution is 7.09. The van der Waals surface area contributed by atoms with Crippen LogP contribution in [0.25, 0.3) is 0 Å². The summed E-state index contributed by atoms with van der Waals surface area (Å²) >= 11 is 1.58. The van der Waals surface area contributed by atoms with E-state index in [2.05, 4.69) is 10.3 Å². The number of thiazole rings is 1. The van der Waals surface area contributed by atoms with E-state index in [0.717, 1.165) is 22.8 Å². The molecule has 0 atom stereocenters. The lowest BCUT2D eigenvalue weighted by Gasteiger charge is -2.09. The molecule has 1 aromatic carbocycles. The Morgan fingerprint density at radius 1 is 1.48 bits per heavy atom. The van der Waals surface area contributed by atoms with Crippen LogP contribution in [0.1, 0.15) is 24.0 Å². The second-order valence-electron chi connectivity index (χ2n) is 4.52. The van der Waals surface area contributed by atoms with Gasteiger partial charge in [-0.1, -0.05) is 6.92 Å². The maximum absolute atomic E-state index is 11.0. The van der Waals surface area contributed by atoms with E-state index in [1.54, 1.807) is 23.5 Å². The summed E-state index contributed by atoms with van der Waals surface area (Å²) in [5.74, 6) is 0.294. The van der Waals surface area contributed by atoms with Crippen molar-refractivity contribution in [2.75, 3.05) is 11.9 Å². The Bertz CT molecular complexity index is 628. The number of hydrogen-bond acceptors (Lipinski definition) is 6. The van der Waals surface area contributed by atoms with Crippen molar-refractivity contribution in [1.82, 2.24) is 4.98 Å². The summed E-state index contributed by atoms with van der Waals surface area (Å²) in [6, 6.07) is 4.80. The van der Waals surface area contributed by atoms with Gasteiger partial charge in [-0.2, -0.15) is 0 Å². The van der Waals surface area contributed by atoms with Crippen LogP contribution in [0.5, 0.6) is 5.75 Å². The number of aryl methyl sites for hydroxylation is 1. The number of nitrogens with one attached hydrogen (secondary N) is 1. The molecule has 0 unspecified atom stereocenters. The molecule has 0 amide bonds. The molecule has 0 spiro atoms. The van der Waals surface area contributed by atoms with Crippen molar-refractivity contribution in [3.05, 3.63) is 44.4 Å². The van der Waals surface area contributed by atoms with Crippen LogP contribution in [0.4, 0.5) is 11.4 Å². The molecular formula is C14H17N3O3S. The van der Waals surface area contributed by atoms with Crippen LogP contribution in [0.15, 0.2) is 23.6 Å². The largest absolute Gasteiger partial charge is 0.487 e. The van der Waals surface area contributed by atoms with Crippen LogP contribution < -0.4 is 10.1 Å². The van der Waals surface area contributed by atoms with Crippen molar-refractivity contribution in [3.8, 4) is 5.75 Å². The van der Waals surface area contributed by atoms with Crippen molar-refractivity contribution in [3.63, 3.8) is 0 Å². The third-order valence-electron chi connectivity index (χ3n) is 2.73. The highest BCUT2D eigenvalue weighted by Gasteiger charge is 2.15. The Hall–Kier alpha value is -2.15. The fourth-order valence-electron chi connectivity index (χ4n) is 1.76. The van der Waals surface area contributed by atoms with Gasteiger partial charge in [0.25, 0.3) is 0 Å². The fraction of sp³-hybridized carbons (Fsp3) is 0.357. The fourth-order valence-corrected chi connectivity index (χ4v) is 2.48. The maximum atomic E-state index is 11.0. The van der Waals surface area contributed by atoms with Crippen LogP contribution in [0, 0.1) is 17.0 Å². The van der Waals surface area contributed by atoms with E-state index < -0.39 is 4.92 Å². The van der Waals surface area contributed by atoms with Gasteiger partial charge < -0.3 is 10.1 Å². The third kappa shape index (κ3) is 4.16. The summed E-state index contributed by atoms with van der Waals surface area (Å²) in [5.41, 5.74) is 1.76. The molecule has 0 saturated carbocycles. The van der Waals surface area contributed by atoms with Crippen molar-refractivity contribution in [2.24, 2.45) is 0 Å². The molecule has 2 rings (SSSR count). The topological polar surface area (TPSA) is 77.3 Å². The molecule has 2 aromatic rings. The molecule has 0 bridgehead atoms. The number of nitrogens with zero attached hydrogens (tertiary/aromatic N) is 2. The quantitative estimate of drug-likeness (QED) is 0.622. The predicted octanol–water partition coefficient (Wildman–Crippen LogP) is 3.76. The molecule has 112 valence electrons. The Kier molecular flexibility index (Phi) is 5.10. The SMILES string of the molecule is CCCOc1cc(NCc2nc(C)cs2)ccc1[N+](=O)[O-]. The van der Waals surface area contributed by atoms with E-state index in [-0.39, 0.29) is 5.69 Å². The van der Waals surface area contributed by atoms with Gasteiger partial charge in [-0.25, -0.2) is 4.98 Å². The molecule has 21 heavy (non-hydrogen) atoms. The number of anilines is 1. The lowest BCUT2D eigenvalue weighted by molar-refractivity contribution is -0.385. The molecule has 1 aromatic heterocycles. The Balaban J connectivity index is 2.10. The lowest BCUT2D eigenvalue weighted by atomic mass is 10.2. The van der Waals surface area contributed by atoms with Crippen LogP contribution in [0.3, 0.4) is 0 Å². The van der Waals surface area contributed by atoms with Gasteiger partial charge in [-0.15, -0.1) is 11.3 Å². The molecule has 0 aliphatic rings. The molecule has 1 N–H and O–H groups in total. The average molecular weight is 307 g/mol. The summed E-state index contributed by atoms with van der Waals surface area (Å²) < 4.78 is 5.45. The van der Waals surface area contributed by atoms with Gasteiger partial charge in [0, 0.05) is 28.9 Å². The minimum atomic E-state index is -0.432. The Morgan fingerprint density at radius 2 is 2.29 bits per heavy atom. The van der Waals surface area contributed by atoms with Crippen molar-refractivity contribution in [1.29, 1.82) is 0 Å². The van der Waals surface area contributed by atoms with E-state index in [0.29, 0.717) is 18.9 Å². The van der Waals surface area contributed by atoms with E-state index in [1.165, 1.54) is 6.07 Å². The van der Waals surface area contributed by atoms with Crippen LogP contribution in [-0.2, 0) is 6.54 Å². The first-order valence-electron chi connectivity index (χ1n) is 6.66. The normalized spacial score (nSPS) is 10.4. The summed E-state index contributed by atoms with van der Waals surface area (Å²) in [4.78, 5) is 14.9. The summed E-state index contributed by atoms with van der Waals surface area (Å²) in [6.07, 6.45) is 0.799.